The van der Waals surface area contributed by atoms with Gasteiger partial charge in [0.05, 0.1) is 23.0 Å². The van der Waals surface area contributed by atoms with E-state index in [9.17, 15) is 35.5 Å². The van der Waals surface area contributed by atoms with E-state index in [2.05, 4.69) is 21.0 Å². The number of anilines is 1. The summed E-state index contributed by atoms with van der Waals surface area (Å²) in [5.74, 6) is -5.74. The number of nitrogens with zero attached hydrogens (tertiary/aromatic N) is 5. The van der Waals surface area contributed by atoms with Crippen LogP contribution in [0.4, 0.5) is 36.4 Å². The highest BCUT2D eigenvalue weighted by Gasteiger charge is 2.38. The third-order valence-corrected chi connectivity index (χ3v) is 6.19. The number of aryl methyl sites for hydroxylation is 1. The summed E-state index contributed by atoms with van der Waals surface area (Å²) in [7, 11) is 0. The van der Waals surface area contributed by atoms with E-state index in [1.807, 2.05) is 40.9 Å². The van der Waals surface area contributed by atoms with Gasteiger partial charge in [0.15, 0.2) is 0 Å². The number of hydrogen-bond acceptors (Lipinski definition) is 6. The zero-order valence-electron chi connectivity index (χ0n) is 23.2. The monoisotopic (exact) mass is 643 g/mol. The van der Waals surface area contributed by atoms with Crippen molar-refractivity contribution >= 4 is 29.0 Å². The number of amides is 1. The van der Waals surface area contributed by atoms with E-state index >= 15 is 0 Å². The second kappa shape index (κ2) is 14.0. The van der Waals surface area contributed by atoms with Crippen LogP contribution in [0.5, 0.6) is 0 Å². The van der Waals surface area contributed by atoms with Gasteiger partial charge in [-0.25, -0.2) is 18.5 Å². The van der Waals surface area contributed by atoms with Crippen LogP contribution in [0, 0.1) is 12.7 Å². The first-order valence-electron chi connectivity index (χ1n) is 12.8. The lowest BCUT2D eigenvalue weighted by Crippen LogP contribution is -2.48. The number of carboxylic acid groups (broad SMARTS) is 2. The van der Waals surface area contributed by atoms with Crippen molar-refractivity contribution < 1.29 is 55.3 Å². The van der Waals surface area contributed by atoms with Gasteiger partial charge in [0.2, 0.25) is 0 Å². The predicted octanol–water partition coefficient (Wildman–Crippen LogP) is 5.07. The van der Waals surface area contributed by atoms with Crippen LogP contribution in [0.3, 0.4) is 0 Å². The zero-order chi connectivity index (χ0) is 33.5. The highest BCUT2D eigenvalue weighted by Crippen LogP contribution is 2.28. The number of carboxylic acids is 2. The van der Waals surface area contributed by atoms with Gasteiger partial charge in [0, 0.05) is 44.8 Å². The van der Waals surface area contributed by atoms with E-state index in [1.54, 1.807) is 24.5 Å². The molecule has 2 N–H and O–H groups in total. The second-order valence-electron chi connectivity index (χ2n) is 9.42. The van der Waals surface area contributed by atoms with Crippen molar-refractivity contribution in [3.8, 4) is 11.1 Å². The van der Waals surface area contributed by atoms with Crippen molar-refractivity contribution in [3.63, 3.8) is 0 Å². The molecule has 4 aromatic rings. The van der Waals surface area contributed by atoms with Gasteiger partial charge in [-0.1, -0.05) is 12.1 Å². The number of carbonyl (C=O) groups is 3. The summed E-state index contributed by atoms with van der Waals surface area (Å²) >= 11 is 0. The Morgan fingerprint density at radius 3 is 1.84 bits per heavy atom. The number of aromatic nitrogens is 3. The molecule has 1 saturated heterocycles. The number of rotatable bonds is 3. The smallest absolute Gasteiger partial charge is 0.475 e. The molecule has 0 aliphatic carbocycles. The normalized spacial score (nSPS) is 13.3. The molecule has 0 unspecified atom stereocenters. The summed E-state index contributed by atoms with van der Waals surface area (Å²) in [6.45, 7) is 4.68. The highest BCUT2D eigenvalue weighted by molar-refractivity contribution is 5.94. The Balaban J connectivity index is 0.000000331. The Morgan fingerprint density at radius 2 is 1.33 bits per heavy atom. The van der Waals surface area contributed by atoms with Crippen LogP contribution in [-0.2, 0) is 9.59 Å². The third kappa shape index (κ3) is 9.38. The number of pyridine rings is 2. The molecule has 0 atom stereocenters. The molecule has 0 saturated carbocycles. The van der Waals surface area contributed by atoms with Crippen molar-refractivity contribution in [2.24, 2.45) is 0 Å². The fourth-order valence-corrected chi connectivity index (χ4v) is 4.04. The Kier molecular flexibility index (Phi) is 10.7. The molecule has 5 rings (SSSR count). The van der Waals surface area contributed by atoms with Crippen molar-refractivity contribution in [1.82, 2.24) is 19.5 Å². The van der Waals surface area contributed by atoms with Gasteiger partial charge in [0.25, 0.3) is 5.91 Å². The van der Waals surface area contributed by atoms with E-state index in [4.69, 9.17) is 19.8 Å². The fourth-order valence-electron chi connectivity index (χ4n) is 4.04. The van der Waals surface area contributed by atoms with Gasteiger partial charge >= 0.3 is 24.3 Å². The van der Waals surface area contributed by atoms with Gasteiger partial charge in [-0.05, 0) is 53.9 Å². The minimum atomic E-state index is -5.08. The minimum Gasteiger partial charge on any atom is -0.475 e. The van der Waals surface area contributed by atoms with Gasteiger partial charge < -0.3 is 20.0 Å². The van der Waals surface area contributed by atoms with Crippen LogP contribution in [0.2, 0.25) is 0 Å². The number of aliphatic carboxylic acids is 2. The Bertz CT molecular complexity index is 1620. The SMILES string of the molecule is Cc1cncc(C(=O)N2CCN(c3cnn4ccc(-c5ccc(F)cc5)cc34)CC2)c1.O=C(O)C(F)(F)F.O=C(O)C(F)(F)F. The average Bonchev–Trinajstić information content (AvgIpc) is 3.40. The third-order valence-electron chi connectivity index (χ3n) is 6.19. The molecular weight excluding hydrogens is 619 g/mol. The second-order valence-corrected chi connectivity index (χ2v) is 9.42. The fraction of sp³-hybridized carbons (Fsp3) is 0.250. The number of fused-ring (bicyclic) bond motifs is 1. The van der Waals surface area contributed by atoms with Crippen LogP contribution < -0.4 is 4.90 Å². The van der Waals surface area contributed by atoms with Crippen LogP contribution in [-0.4, -0.2) is 86.1 Å². The highest BCUT2D eigenvalue weighted by atomic mass is 19.4. The Labute approximate surface area is 249 Å². The van der Waals surface area contributed by atoms with Crippen LogP contribution in [0.25, 0.3) is 16.6 Å². The van der Waals surface area contributed by atoms with E-state index in [-0.39, 0.29) is 11.7 Å². The maximum absolute atomic E-state index is 13.3. The Morgan fingerprint density at radius 1 is 0.778 bits per heavy atom. The molecule has 1 fully saturated rings. The number of alkyl halides is 6. The largest absolute Gasteiger partial charge is 0.490 e. The lowest BCUT2D eigenvalue weighted by molar-refractivity contribution is -0.193. The van der Waals surface area contributed by atoms with Crippen LogP contribution in [0.1, 0.15) is 15.9 Å². The topological polar surface area (TPSA) is 128 Å². The van der Waals surface area contributed by atoms with Crippen LogP contribution >= 0.6 is 0 Å². The van der Waals surface area contributed by atoms with Gasteiger partial charge in [-0.2, -0.15) is 31.4 Å². The predicted molar refractivity (Wildman–Crippen MR) is 145 cm³/mol. The minimum absolute atomic E-state index is 0.0225. The first-order chi connectivity index (χ1) is 21.0. The van der Waals surface area contributed by atoms with Crippen molar-refractivity contribution in [2.45, 2.75) is 19.3 Å². The molecule has 0 radical (unpaired) electrons. The summed E-state index contributed by atoms with van der Waals surface area (Å²) in [5.41, 5.74) is 5.60. The van der Waals surface area contributed by atoms with E-state index in [1.165, 1.54) is 12.1 Å². The van der Waals surface area contributed by atoms with Crippen molar-refractivity contribution in [3.05, 3.63) is 84.2 Å². The number of hydrogen-bond donors (Lipinski definition) is 2. The van der Waals surface area contributed by atoms with Crippen LogP contribution in [0.15, 0.2) is 67.3 Å². The lowest BCUT2D eigenvalue weighted by Gasteiger charge is -2.35. The first-order valence-corrected chi connectivity index (χ1v) is 12.8. The number of piperazine rings is 1. The molecule has 17 heteroatoms. The summed E-state index contributed by atoms with van der Waals surface area (Å²) in [4.78, 5) is 38.9. The molecule has 1 amide bonds. The summed E-state index contributed by atoms with van der Waals surface area (Å²) in [6.07, 6.45) is -3.00. The maximum atomic E-state index is 13.3. The molecule has 10 nitrogen and oxygen atoms in total. The molecule has 45 heavy (non-hydrogen) atoms. The Hall–Kier alpha value is -5.22. The van der Waals surface area contributed by atoms with E-state index in [0.29, 0.717) is 18.7 Å². The lowest BCUT2D eigenvalue weighted by atomic mass is 10.1. The van der Waals surface area contributed by atoms with E-state index < -0.39 is 24.3 Å². The summed E-state index contributed by atoms with van der Waals surface area (Å²) in [6, 6.07) is 12.4. The molecule has 1 aromatic carbocycles. The molecule has 240 valence electrons. The van der Waals surface area contributed by atoms with Gasteiger partial charge in [-0.3, -0.25) is 9.78 Å². The number of benzene rings is 1. The van der Waals surface area contributed by atoms with Crippen molar-refractivity contribution in [2.75, 3.05) is 31.1 Å². The molecule has 3 aromatic heterocycles. The summed E-state index contributed by atoms with van der Waals surface area (Å²) in [5, 5.41) is 18.7. The quantitative estimate of drug-likeness (QED) is 0.296. The molecule has 1 aliphatic heterocycles. The van der Waals surface area contributed by atoms with Crippen molar-refractivity contribution in [1.29, 1.82) is 0 Å². The average molecular weight is 644 g/mol. The summed E-state index contributed by atoms with van der Waals surface area (Å²) < 4.78 is 78.6. The van der Waals surface area contributed by atoms with Gasteiger partial charge in [0.1, 0.15) is 5.82 Å². The van der Waals surface area contributed by atoms with E-state index in [0.717, 1.165) is 41.0 Å². The molecule has 4 heterocycles. The standard InChI is InChI=1S/C24H22FN5O.2C2HF3O2/c1-17-12-20(15-26-14-17)24(31)29-10-8-28(9-11-29)23-16-27-30-7-6-19(13-22(23)30)18-2-4-21(25)5-3-18;2*3-2(4,5)1(6)7/h2-7,12-16H,8-11H2,1H3;2*(H,6,7). The molecule has 1 aliphatic rings. The van der Waals surface area contributed by atoms with Gasteiger partial charge in [-0.15, -0.1) is 0 Å². The zero-order valence-corrected chi connectivity index (χ0v) is 23.2. The molecule has 0 spiro atoms. The number of carbonyl (C=O) groups excluding carboxylic acids is 1. The first kappa shape index (κ1) is 34.3. The molecular formula is C28H24F7N5O5. The molecule has 0 bridgehead atoms. The maximum Gasteiger partial charge on any atom is 0.490 e. The number of halogens is 7.